The first kappa shape index (κ1) is 39.6. The molecular formula is C67H54N2. The molecule has 2 bridgehead atoms. The van der Waals surface area contributed by atoms with E-state index in [1.165, 1.54) is 115 Å². The van der Waals surface area contributed by atoms with E-state index in [0.29, 0.717) is 0 Å². The Hall–Kier alpha value is -7.42. The van der Waals surface area contributed by atoms with Crippen LogP contribution >= 0.6 is 0 Å². The highest BCUT2D eigenvalue weighted by molar-refractivity contribution is 6.15. The van der Waals surface area contributed by atoms with E-state index in [2.05, 4.69) is 230 Å². The number of rotatable bonds is 6. The van der Waals surface area contributed by atoms with Gasteiger partial charge in [0.2, 0.25) is 0 Å². The van der Waals surface area contributed by atoms with Crippen molar-refractivity contribution in [1.29, 1.82) is 0 Å². The molecule has 0 aliphatic heterocycles. The normalized spacial score (nSPS) is 21.9. The van der Waals surface area contributed by atoms with Crippen LogP contribution < -0.4 is 4.90 Å². The van der Waals surface area contributed by atoms with Gasteiger partial charge in [-0.2, -0.15) is 0 Å². The molecule has 3 fully saturated rings. The van der Waals surface area contributed by atoms with Gasteiger partial charge in [0.25, 0.3) is 0 Å². The molecule has 0 saturated heterocycles. The van der Waals surface area contributed by atoms with E-state index in [0.717, 1.165) is 40.7 Å². The average Bonchev–Trinajstić information content (AvgIpc) is 4.04. The van der Waals surface area contributed by atoms with Crippen molar-refractivity contribution in [3.8, 4) is 50.2 Å². The Morgan fingerprint density at radius 3 is 1.88 bits per heavy atom. The fourth-order valence-electron chi connectivity index (χ4n) is 15.0. The summed E-state index contributed by atoms with van der Waals surface area (Å²) in [6, 6.07) is 78.3. The van der Waals surface area contributed by atoms with Crippen molar-refractivity contribution in [2.24, 2.45) is 23.7 Å². The first-order valence-corrected chi connectivity index (χ1v) is 25.5. The summed E-state index contributed by atoms with van der Waals surface area (Å²) in [5.74, 6) is 3.54. The predicted molar refractivity (Wildman–Crippen MR) is 287 cm³/mol. The largest absolute Gasteiger partial charge is 0.310 e. The SMILES string of the molecule is CC1(C)c2ccccc2-c2cc(N(c3ccc(-c4ccccc4)cc3)c3ccc4c(c3)c3cccc(-c5ccc6c(c5)-c5ccccc5C65CCC6CC7CC5C7C6)c3n4-c3ccccc3)ccc21. The number of fused-ring (bicyclic) bond motifs is 13. The Balaban J connectivity index is 0.920. The average molecular weight is 887 g/mol. The Labute approximate surface area is 405 Å². The van der Waals surface area contributed by atoms with Crippen LogP contribution in [0.3, 0.4) is 0 Å². The smallest absolute Gasteiger partial charge is 0.0619 e. The van der Waals surface area contributed by atoms with Crippen LogP contribution in [0.5, 0.6) is 0 Å². The van der Waals surface area contributed by atoms with Gasteiger partial charge in [-0.25, -0.2) is 0 Å². The lowest BCUT2D eigenvalue weighted by molar-refractivity contribution is 0.0400. The molecule has 1 spiro atoms. The fraction of sp³-hybridized carbons (Fsp3) is 0.194. The van der Waals surface area contributed by atoms with Gasteiger partial charge in [-0.1, -0.05) is 159 Å². The minimum atomic E-state index is -0.0682. The van der Waals surface area contributed by atoms with Crippen LogP contribution in [0.25, 0.3) is 72.0 Å². The first-order chi connectivity index (χ1) is 33.9. The van der Waals surface area contributed by atoms with Crippen LogP contribution in [0.4, 0.5) is 17.1 Å². The van der Waals surface area contributed by atoms with Gasteiger partial charge in [0.15, 0.2) is 0 Å². The molecule has 9 aromatic carbocycles. The van der Waals surface area contributed by atoms with Gasteiger partial charge in [-0.15, -0.1) is 0 Å². The quantitative estimate of drug-likeness (QED) is 0.161. The molecule has 0 radical (unpaired) electrons. The van der Waals surface area contributed by atoms with Gasteiger partial charge >= 0.3 is 0 Å². The zero-order chi connectivity index (χ0) is 45.6. The maximum absolute atomic E-state index is 2.57. The summed E-state index contributed by atoms with van der Waals surface area (Å²) in [6.07, 6.45) is 7.00. The molecule has 2 nitrogen and oxygen atoms in total. The molecule has 69 heavy (non-hydrogen) atoms. The van der Waals surface area contributed by atoms with Crippen LogP contribution in [0, 0.1) is 23.7 Å². The zero-order valence-corrected chi connectivity index (χ0v) is 39.4. The van der Waals surface area contributed by atoms with Crippen LogP contribution in [0.15, 0.2) is 206 Å². The van der Waals surface area contributed by atoms with Gasteiger partial charge in [0.05, 0.1) is 11.0 Å². The van der Waals surface area contributed by atoms with Crippen molar-refractivity contribution >= 4 is 38.9 Å². The summed E-state index contributed by atoms with van der Waals surface area (Å²) in [7, 11) is 0. The van der Waals surface area contributed by atoms with Crippen LogP contribution in [0.2, 0.25) is 0 Å². The van der Waals surface area contributed by atoms with E-state index in [9.17, 15) is 0 Å². The molecule has 5 atom stereocenters. The van der Waals surface area contributed by atoms with Crippen LogP contribution in [-0.4, -0.2) is 4.57 Å². The molecule has 2 heteroatoms. The number of para-hydroxylation sites is 2. The highest BCUT2D eigenvalue weighted by atomic mass is 15.1. The molecule has 1 heterocycles. The molecule has 5 aliphatic carbocycles. The first-order valence-electron chi connectivity index (χ1n) is 25.5. The molecule has 332 valence electrons. The standard InChI is InChI=1S/C67H54N2/c1-66(2)59-22-11-9-18-52(59)57-40-49(29-32-60(57)66)68(48-27-24-44(25-28-48)43-14-5-3-6-15-43)50-30-33-64-58(41-50)54-21-13-20-51(65(54)69(64)47-16-7-4-8-17-47)45-26-31-62-56(38-45)53-19-10-12-23-61(53)67(62)35-34-42-36-46-39-63(67)55(46)37-42/h3-33,38,40-42,46,55,63H,34-37,39H2,1-2H3. The maximum Gasteiger partial charge on any atom is 0.0619 e. The van der Waals surface area contributed by atoms with Gasteiger partial charge in [0.1, 0.15) is 0 Å². The molecule has 3 saturated carbocycles. The molecular weight excluding hydrogens is 833 g/mol. The van der Waals surface area contributed by atoms with Crippen molar-refractivity contribution in [3.05, 3.63) is 229 Å². The van der Waals surface area contributed by atoms with E-state index in [1.807, 2.05) is 0 Å². The Kier molecular flexibility index (Phi) is 8.34. The molecule has 0 amide bonds. The monoisotopic (exact) mass is 886 g/mol. The number of nitrogens with zero attached hydrogens (tertiary/aromatic N) is 2. The van der Waals surface area contributed by atoms with Crippen molar-refractivity contribution in [2.75, 3.05) is 4.90 Å². The van der Waals surface area contributed by atoms with E-state index in [1.54, 1.807) is 11.1 Å². The lowest BCUT2D eigenvalue weighted by Gasteiger charge is -2.52. The Morgan fingerprint density at radius 1 is 0.449 bits per heavy atom. The topological polar surface area (TPSA) is 8.17 Å². The highest BCUT2D eigenvalue weighted by Gasteiger charge is 2.61. The zero-order valence-electron chi connectivity index (χ0n) is 39.4. The van der Waals surface area contributed by atoms with Crippen molar-refractivity contribution < 1.29 is 0 Å². The minimum absolute atomic E-state index is 0.0682. The number of hydrogen-bond acceptors (Lipinski definition) is 1. The Morgan fingerprint density at radius 2 is 1.06 bits per heavy atom. The van der Waals surface area contributed by atoms with Gasteiger partial charge in [0, 0.05) is 49.9 Å². The summed E-state index contributed by atoms with van der Waals surface area (Å²) in [5.41, 5.74) is 23.6. The number of aromatic nitrogens is 1. The maximum atomic E-state index is 2.57. The van der Waals surface area contributed by atoms with E-state index in [-0.39, 0.29) is 10.8 Å². The van der Waals surface area contributed by atoms with Crippen molar-refractivity contribution in [2.45, 2.75) is 56.8 Å². The van der Waals surface area contributed by atoms with Crippen LogP contribution in [-0.2, 0) is 10.8 Å². The second-order valence-electron chi connectivity index (χ2n) is 21.6. The summed E-state index contributed by atoms with van der Waals surface area (Å²) < 4.78 is 2.52. The van der Waals surface area contributed by atoms with E-state index >= 15 is 0 Å². The molecule has 10 aromatic rings. The molecule has 1 aromatic heterocycles. The molecule has 5 unspecified atom stereocenters. The lowest BCUT2D eigenvalue weighted by Crippen LogP contribution is -2.47. The van der Waals surface area contributed by atoms with Gasteiger partial charge in [-0.05, 0) is 178 Å². The number of anilines is 3. The number of hydrogen-bond donors (Lipinski definition) is 0. The third-order valence-corrected chi connectivity index (χ3v) is 18.1. The summed E-state index contributed by atoms with van der Waals surface area (Å²) >= 11 is 0. The molecule has 5 aliphatic rings. The van der Waals surface area contributed by atoms with E-state index in [4.69, 9.17) is 0 Å². The van der Waals surface area contributed by atoms with Gasteiger partial charge < -0.3 is 9.47 Å². The number of benzene rings is 9. The molecule has 0 N–H and O–H groups in total. The summed E-state index contributed by atoms with van der Waals surface area (Å²) in [4.78, 5) is 2.47. The third-order valence-electron chi connectivity index (χ3n) is 18.1. The lowest BCUT2D eigenvalue weighted by atomic mass is 9.51. The Bertz CT molecular complexity index is 3710. The van der Waals surface area contributed by atoms with Gasteiger partial charge in [-0.3, -0.25) is 0 Å². The third kappa shape index (κ3) is 5.55. The second-order valence-corrected chi connectivity index (χ2v) is 21.6. The van der Waals surface area contributed by atoms with Crippen molar-refractivity contribution in [1.82, 2.24) is 4.57 Å². The minimum Gasteiger partial charge on any atom is -0.310 e. The fourth-order valence-corrected chi connectivity index (χ4v) is 15.0. The van der Waals surface area contributed by atoms with Crippen molar-refractivity contribution in [3.63, 3.8) is 0 Å². The van der Waals surface area contributed by atoms with Crippen LogP contribution in [0.1, 0.15) is 68.2 Å². The summed E-state index contributed by atoms with van der Waals surface area (Å²) in [6.45, 7) is 4.73. The second kappa shape index (κ2) is 14.5. The highest BCUT2D eigenvalue weighted by Crippen LogP contribution is 2.69. The predicted octanol–water partition coefficient (Wildman–Crippen LogP) is 17.6. The summed E-state index contributed by atoms with van der Waals surface area (Å²) in [5, 5.41) is 2.50. The van der Waals surface area contributed by atoms with E-state index < -0.39 is 0 Å². The molecule has 15 rings (SSSR count).